The molecule has 2 N–H and O–H groups in total. The lowest BCUT2D eigenvalue weighted by atomic mass is 10.1. The Morgan fingerprint density at radius 3 is 3.00 bits per heavy atom. The molecule has 0 spiro atoms. The van der Waals surface area contributed by atoms with Gasteiger partial charge in [0.05, 0.1) is 6.61 Å². The third-order valence-corrected chi connectivity index (χ3v) is 3.59. The molecule has 1 aromatic carbocycles. The minimum absolute atomic E-state index is 0.0245. The molecule has 5 heteroatoms. The molecule has 1 heterocycles. The van der Waals surface area contributed by atoms with Gasteiger partial charge in [-0.3, -0.25) is 0 Å². The van der Waals surface area contributed by atoms with E-state index in [4.69, 9.17) is 14.3 Å². The Labute approximate surface area is 122 Å². The highest BCUT2D eigenvalue weighted by Crippen LogP contribution is 2.28. The zero-order valence-electron chi connectivity index (χ0n) is 11.8. The van der Waals surface area contributed by atoms with Crippen molar-refractivity contribution in [3.63, 3.8) is 0 Å². The number of aromatic carboxylic acids is 1. The SMILES string of the molecule is O=C(O)c1cc2cc(CNCCOCC3CC3)ccc2o1. The average molecular weight is 289 g/mol. The monoisotopic (exact) mass is 289 g/mol. The van der Waals surface area contributed by atoms with E-state index in [-0.39, 0.29) is 5.76 Å². The van der Waals surface area contributed by atoms with Crippen LogP contribution < -0.4 is 5.32 Å². The summed E-state index contributed by atoms with van der Waals surface area (Å²) >= 11 is 0. The standard InChI is InChI=1S/C16H19NO4/c18-16(19)15-8-13-7-12(3-4-14(13)21-15)9-17-5-6-20-10-11-1-2-11/h3-4,7-8,11,17H,1-2,5-6,9-10H2,(H,18,19). The Kier molecular flexibility index (Phi) is 4.22. The van der Waals surface area contributed by atoms with Crippen LogP contribution in [0.1, 0.15) is 29.0 Å². The van der Waals surface area contributed by atoms with Crippen molar-refractivity contribution in [3.8, 4) is 0 Å². The summed E-state index contributed by atoms with van der Waals surface area (Å²) < 4.78 is 10.8. The lowest BCUT2D eigenvalue weighted by Gasteiger charge is -2.06. The number of benzene rings is 1. The maximum absolute atomic E-state index is 10.9. The molecule has 0 radical (unpaired) electrons. The van der Waals surface area contributed by atoms with Gasteiger partial charge in [-0.15, -0.1) is 0 Å². The summed E-state index contributed by atoms with van der Waals surface area (Å²) in [6.07, 6.45) is 2.63. The number of hydrogen-bond acceptors (Lipinski definition) is 4. The van der Waals surface area contributed by atoms with Crippen molar-refractivity contribution in [2.24, 2.45) is 5.92 Å². The molecule has 5 nitrogen and oxygen atoms in total. The number of carbonyl (C=O) groups is 1. The first kappa shape index (κ1) is 14.1. The third kappa shape index (κ3) is 3.83. The Morgan fingerprint density at radius 1 is 1.38 bits per heavy atom. The summed E-state index contributed by atoms with van der Waals surface area (Å²) in [6.45, 7) is 3.17. The lowest BCUT2D eigenvalue weighted by Crippen LogP contribution is -2.19. The molecule has 3 rings (SSSR count). The van der Waals surface area contributed by atoms with E-state index in [1.165, 1.54) is 12.8 Å². The largest absolute Gasteiger partial charge is 0.475 e. The summed E-state index contributed by atoms with van der Waals surface area (Å²) in [4.78, 5) is 10.9. The summed E-state index contributed by atoms with van der Waals surface area (Å²) in [5.74, 6) is -0.265. The highest BCUT2D eigenvalue weighted by atomic mass is 16.5. The van der Waals surface area contributed by atoms with Crippen molar-refractivity contribution >= 4 is 16.9 Å². The first-order valence-corrected chi connectivity index (χ1v) is 7.26. The second-order valence-corrected chi connectivity index (χ2v) is 5.48. The van der Waals surface area contributed by atoms with Gasteiger partial charge in [-0.1, -0.05) is 6.07 Å². The number of fused-ring (bicyclic) bond motifs is 1. The summed E-state index contributed by atoms with van der Waals surface area (Å²) in [7, 11) is 0. The maximum atomic E-state index is 10.9. The summed E-state index contributed by atoms with van der Waals surface area (Å²) in [5.41, 5.74) is 1.70. The van der Waals surface area contributed by atoms with Gasteiger partial charge in [0.1, 0.15) is 5.58 Å². The quantitative estimate of drug-likeness (QED) is 0.731. The molecule has 0 bridgehead atoms. The predicted octanol–water partition coefficient (Wildman–Crippen LogP) is 2.65. The second kappa shape index (κ2) is 6.28. The van der Waals surface area contributed by atoms with Crippen LogP contribution in [0.4, 0.5) is 0 Å². The fraction of sp³-hybridized carbons (Fsp3) is 0.438. The summed E-state index contributed by atoms with van der Waals surface area (Å²) in [5, 5.41) is 13.0. The first-order chi connectivity index (χ1) is 10.2. The van der Waals surface area contributed by atoms with Crippen LogP contribution in [0.15, 0.2) is 28.7 Å². The molecule has 0 aliphatic heterocycles. The van der Waals surface area contributed by atoms with Crippen LogP contribution in [0.2, 0.25) is 0 Å². The van der Waals surface area contributed by atoms with Gasteiger partial charge >= 0.3 is 5.97 Å². The zero-order chi connectivity index (χ0) is 14.7. The molecular weight excluding hydrogens is 270 g/mol. The topological polar surface area (TPSA) is 71.7 Å². The van der Waals surface area contributed by atoms with Crippen molar-refractivity contribution in [2.75, 3.05) is 19.8 Å². The molecule has 0 unspecified atom stereocenters. The molecule has 1 aromatic heterocycles. The van der Waals surface area contributed by atoms with E-state index in [0.717, 1.165) is 43.2 Å². The van der Waals surface area contributed by atoms with Crippen LogP contribution in [0.3, 0.4) is 0 Å². The Hall–Kier alpha value is -1.85. The Morgan fingerprint density at radius 2 is 2.24 bits per heavy atom. The molecule has 1 aliphatic rings. The zero-order valence-corrected chi connectivity index (χ0v) is 11.8. The molecule has 21 heavy (non-hydrogen) atoms. The van der Waals surface area contributed by atoms with Gasteiger partial charge < -0.3 is 19.6 Å². The Bertz CT molecular complexity index is 630. The fourth-order valence-electron chi connectivity index (χ4n) is 2.22. The van der Waals surface area contributed by atoms with E-state index >= 15 is 0 Å². The van der Waals surface area contributed by atoms with E-state index < -0.39 is 5.97 Å². The van der Waals surface area contributed by atoms with E-state index in [1.807, 2.05) is 18.2 Å². The van der Waals surface area contributed by atoms with Gasteiger partial charge in [0.2, 0.25) is 5.76 Å². The van der Waals surface area contributed by atoms with Crippen LogP contribution >= 0.6 is 0 Å². The highest BCUT2D eigenvalue weighted by Gasteiger charge is 2.20. The van der Waals surface area contributed by atoms with Gasteiger partial charge in [-0.05, 0) is 42.5 Å². The lowest BCUT2D eigenvalue weighted by molar-refractivity contribution is 0.0665. The number of ether oxygens (including phenoxy) is 1. The summed E-state index contributed by atoms with van der Waals surface area (Å²) in [6, 6.07) is 7.25. The molecule has 0 saturated heterocycles. The van der Waals surface area contributed by atoms with Gasteiger partial charge in [0.25, 0.3) is 0 Å². The van der Waals surface area contributed by atoms with Crippen molar-refractivity contribution in [1.82, 2.24) is 5.32 Å². The van der Waals surface area contributed by atoms with E-state index in [9.17, 15) is 4.79 Å². The van der Waals surface area contributed by atoms with Crippen LogP contribution in [-0.4, -0.2) is 30.8 Å². The number of furan rings is 1. The molecule has 0 amide bonds. The second-order valence-electron chi connectivity index (χ2n) is 5.48. The first-order valence-electron chi connectivity index (χ1n) is 7.26. The fourth-order valence-corrected chi connectivity index (χ4v) is 2.22. The molecular formula is C16H19NO4. The predicted molar refractivity (Wildman–Crippen MR) is 78.4 cm³/mol. The molecule has 1 aliphatic carbocycles. The van der Waals surface area contributed by atoms with Gasteiger partial charge in [0.15, 0.2) is 0 Å². The van der Waals surface area contributed by atoms with Crippen molar-refractivity contribution in [2.45, 2.75) is 19.4 Å². The molecule has 1 fully saturated rings. The van der Waals surface area contributed by atoms with Crippen LogP contribution in [-0.2, 0) is 11.3 Å². The van der Waals surface area contributed by atoms with Crippen molar-refractivity contribution < 1.29 is 19.1 Å². The number of nitrogens with one attached hydrogen (secondary N) is 1. The van der Waals surface area contributed by atoms with E-state index in [0.29, 0.717) is 5.58 Å². The van der Waals surface area contributed by atoms with Crippen molar-refractivity contribution in [1.29, 1.82) is 0 Å². The molecule has 1 saturated carbocycles. The van der Waals surface area contributed by atoms with Crippen LogP contribution in [0.25, 0.3) is 11.0 Å². The number of hydrogen-bond donors (Lipinski definition) is 2. The third-order valence-electron chi connectivity index (χ3n) is 3.59. The smallest absolute Gasteiger partial charge is 0.371 e. The molecule has 112 valence electrons. The highest BCUT2D eigenvalue weighted by molar-refractivity contribution is 5.91. The van der Waals surface area contributed by atoms with Gasteiger partial charge in [-0.25, -0.2) is 4.79 Å². The van der Waals surface area contributed by atoms with Crippen molar-refractivity contribution in [3.05, 3.63) is 35.6 Å². The maximum Gasteiger partial charge on any atom is 0.371 e. The molecule has 2 aromatic rings. The normalized spacial score (nSPS) is 14.7. The van der Waals surface area contributed by atoms with Crippen LogP contribution in [0.5, 0.6) is 0 Å². The minimum Gasteiger partial charge on any atom is -0.475 e. The number of carboxylic acid groups (broad SMARTS) is 1. The minimum atomic E-state index is -1.04. The van der Waals surface area contributed by atoms with E-state index in [2.05, 4.69) is 5.32 Å². The Balaban J connectivity index is 1.48. The number of carboxylic acids is 1. The van der Waals surface area contributed by atoms with Crippen LogP contribution in [0, 0.1) is 5.92 Å². The molecule has 0 atom stereocenters. The van der Waals surface area contributed by atoms with Gasteiger partial charge in [-0.2, -0.15) is 0 Å². The van der Waals surface area contributed by atoms with Gasteiger partial charge in [0, 0.05) is 25.1 Å². The average Bonchev–Trinajstić information content (AvgIpc) is 3.19. The number of rotatable bonds is 8. The van der Waals surface area contributed by atoms with E-state index in [1.54, 1.807) is 6.07 Å².